The summed E-state index contributed by atoms with van der Waals surface area (Å²) in [5, 5.41) is 5.46. The highest BCUT2D eigenvalue weighted by Crippen LogP contribution is 2.32. The third-order valence-corrected chi connectivity index (χ3v) is 6.66. The van der Waals surface area contributed by atoms with Crippen molar-refractivity contribution in [2.24, 2.45) is 5.10 Å². The molecule has 178 valence electrons. The van der Waals surface area contributed by atoms with Crippen LogP contribution < -0.4 is 5.56 Å². The molecule has 35 heavy (non-hydrogen) atoms. The highest BCUT2D eigenvalue weighted by atomic mass is 35.5. The summed E-state index contributed by atoms with van der Waals surface area (Å²) in [5.41, 5.74) is 1.41. The molecule has 2 aromatic heterocycles. The van der Waals surface area contributed by atoms with Gasteiger partial charge in [0, 0.05) is 11.5 Å². The number of benzene rings is 2. The second-order valence-corrected chi connectivity index (χ2v) is 8.98. The van der Waals surface area contributed by atoms with Crippen LogP contribution in [0, 0.1) is 0 Å². The summed E-state index contributed by atoms with van der Waals surface area (Å²) in [6.45, 7) is 0. The van der Waals surface area contributed by atoms with Crippen LogP contribution in [-0.2, 0) is 4.74 Å². The van der Waals surface area contributed by atoms with Crippen molar-refractivity contribution < 1.29 is 13.9 Å². The summed E-state index contributed by atoms with van der Waals surface area (Å²) in [6.07, 6.45) is 6.91. The Bertz CT molecular complexity index is 1480. The Morgan fingerprint density at radius 3 is 2.74 bits per heavy atom. The van der Waals surface area contributed by atoms with E-state index in [1.807, 2.05) is 18.2 Å². The van der Waals surface area contributed by atoms with Crippen LogP contribution in [0.2, 0.25) is 5.02 Å². The number of aromatic nitrogens is 2. The Balaban J connectivity index is 1.52. The molecule has 0 aliphatic heterocycles. The average molecular weight is 490 g/mol. The van der Waals surface area contributed by atoms with Gasteiger partial charge in [0.05, 0.1) is 34.8 Å². The van der Waals surface area contributed by atoms with Gasteiger partial charge in [-0.2, -0.15) is 9.78 Å². The van der Waals surface area contributed by atoms with Crippen LogP contribution in [0.3, 0.4) is 0 Å². The molecular formula is C27H24ClN3O4. The van der Waals surface area contributed by atoms with Crippen molar-refractivity contribution >= 4 is 34.7 Å². The van der Waals surface area contributed by atoms with Crippen LogP contribution >= 0.6 is 11.6 Å². The van der Waals surface area contributed by atoms with Crippen molar-refractivity contribution in [2.45, 2.75) is 38.0 Å². The van der Waals surface area contributed by atoms with Gasteiger partial charge in [0.2, 0.25) is 0 Å². The highest BCUT2D eigenvalue weighted by molar-refractivity contribution is 6.33. The fourth-order valence-corrected chi connectivity index (χ4v) is 4.73. The number of furan rings is 1. The Kier molecular flexibility index (Phi) is 6.51. The molecule has 0 spiro atoms. The van der Waals surface area contributed by atoms with Gasteiger partial charge in [-0.05, 0) is 55.3 Å². The maximum absolute atomic E-state index is 13.3. The third-order valence-electron chi connectivity index (χ3n) is 6.33. The largest absolute Gasteiger partial charge is 0.465 e. The number of halogens is 1. The van der Waals surface area contributed by atoms with E-state index in [-0.39, 0.29) is 11.5 Å². The smallest absolute Gasteiger partial charge is 0.337 e. The number of para-hydroxylation sites is 1. The normalized spacial score (nSPS) is 14.6. The van der Waals surface area contributed by atoms with E-state index in [2.05, 4.69) is 5.10 Å². The summed E-state index contributed by atoms with van der Waals surface area (Å²) in [4.78, 5) is 30.1. The molecule has 2 aromatic carbocycles. The minimum atomic E-state index is -0.463. The van der Waals surface area contributed by atoms with Crippen molar-refractivity contribution in [2.75, 3.05) is 7.11 Å². The van der Waals surface area contributed by atoms with Crippen molar-refractivity contribution in [3.05, 3.63) is 87.1 Å². The first kappa shape index (κ1) is 23.1. The molecule has 0 amide bonds. The molecule has 0 N–H and O–H groups in total. The van der Waals surface area contributed by atoms with Crippen LogP contribution in [0.1, 0.15) is 60.0 Å². The molecule has 0 bridgehead atoms. The van der Waals surface area contributed by atoms with Crippen LogP contribution in [0.4, 0.5) is 0 Å². The van der Waals surface area contributed by atoms with Crippen molar-refractivity contribution in [1.29, 1.82) is 0 Å². The van der Waals surface area contributed by atoms with Gasteiger partial charge in [-0.15, -0.1) is 0 Å². The molecule has 0 saturated heterocycles. The highest BCUT2D eigenvalue weighted by Gasteiger charge is 2.22. The molecule has 7 nitrogen and oxygen atoms in total. The molecule has 1 saturated carbocycles. The van der Waals surface area contributed by atoms with Crippen LogP contribution in [0.5, 0.6) is 0 Å². The first-order valence-corrected chi connectivity index (χ1v) is 12.0. The van der Waals surface area contributed by atoms with E-state index in [4.69, 9.17) is 25.7 Å². The Hall–Kier alpha value is -3.71. The van der Waals surface area contributed by atoms with Crippen molar-refractivity contribution in [3.63, 3.8) is 0 Å². The Morgan fingerprint density at radius 2 is 1.94 bits per heavy atom. The lowest BCUT2D eigenvalue weighted by atomic mass is 9.88. The fourth-order valence-electron chi connectivity index (χ4n) is 4.52. The van der Waals surface area contributed by atoms with E-state index in [1.54, 1.807) is 36.4 Å². The lowest BCUT2D eigenvalue weighted by Crippen LogP contribution is -2.25. The number of carbonyl (C=O) groups is 1. The second kappa shape index (κ2) is 9.88. The number of hydrogen-bond acceptors (Lipinski definition) is 6. The van der Waals surface area contributed by atoms with Crippen molar-refractivity contribution in [1.82, 2.24) is 9.66 Å². The van der Waals surface area contributed by atoms with E-state index >= 15 is 0 Å². The first-order valence-electron chi connectivity index (χ1n) is 11.6. The van der Waals surface area contributed by atoms with Gasteiger partial charge < -0.3 is 9.15 Å². The standard InChI is InChI=1S/C27H24ClN3O4/c1-34-27(33)18-11-13-22(28)21(15-18)24-14-12-19(35-24)16-29-31-25(17-7-3-2-4-8-17)30-23-10-6-5-9-20(23)26(31)32/h5-6,9-17H,2-4,7-8H2,1H3. The van der Waals surface area contributed by atoms with E-state index in [0.29, 0.717) is 44.4 Å². The number of ether oxygens (including phenoxy) is 1. The zero-order chi connectivity index (χ0) is 24.4. The van der Waals surface area contributed by atoms with E-state index in [1.165, 1.54) is 24.4 Å². The van der Waals surface area contributed by atoms with E-state index in [0.717, 1.165) is 25.7 Å². The van der Waals surface area contributed by atoms with E-state index in [9.17, 15) is 9.59 Å². The predicted octanol–water partition coefficient (Wildman–Crippen LogP) is 6.03. The van der Waals surface area contributed by atoms with Gasteiger partial charge in [0.15, 0.2) is 0 Å². The van der Waals surface area contributed by atoms with Gasteiger partial charge in [-0.1, -0.05) is 43.0 Å². The third kappa shape index (κ3) is 4.64. The molecular weight excluding hydrogens is 466 g/mol. The molecule has 8 heteroatoms. The van der Waals surface area contributed by atoms with Crippen molar-refractivity contribution in [3.8, 4) is 11.3 Å². The molecule has 1 aliphatic rings. The zero-order valence-electron chi connectivity index (χ0n) is 19.2. The number of esters is 1. The fraction of sp³-hybridized carbons (Fsp3) is 0.259. The molecule has 0 radical (unpaired) electrons. The van der Waals surface area contributed by atoms with Crippen LogP contribution in [0.15, 0.2) is 68.9 Å². The summed E-state index contributed by atoms with van der Waals surface area (Å²) < 4.78 is 12.1. The quantitative estimate of drug-likeness (QED) is 0.252. The summed E-state index contributed by atoms with van der Waals surface area (Å²) in [5.74, 6) is 1.32. The Labute approximate surface area is 207 Å². The number of methoxy groups -OCH3 is 1. The molecule has 0 unspecified atom stereocenters. The van der Waals surface area contributed by atoms with Gasteiger partial charge >= 0.3 is 5.97 Å². The number of rotatable bonds is 5. The van der Waals surface area contributed by atoms with Gasteiger partial charge in [-0.3, -0.25) is 4.79 Å². The molecule has 1 aliphatic carbocycles. The minimum absolute atomic E-state index is 0.185. The molecule has 5 rings (SSSR count). The molecule has 0 atom stereocenters. The SMILES string of the molecule is COC(=O)c1ccc(Cl)c(-c2ccc(C=Nn3c(C4CCCCC4)nc4ccccc4c3=O)o2)c1. The second-order valence-electron chi connectivity index (χ2n) is 8.57. The topological polar surface area (TPSA) is 86.7 Å². The van der Waals surface area contributed by atoms with Crippen LogP contribution in [-0.4, -0.2) is 29.0 Å². The summed E-state index contributed by atoms with van der Waals surface area (Å²) >= 11 is 6.34. The summed E-state index contributed by atoms with van der Waals surface area (Å²) in [6, 6.07) is 15.7. The zero-order valence-corrected chi connectivity index (χ0v) is 20.0. The summed E-state index contributed by atoms with van der Waals surface area (Å²) in [7, 11) is 1.32. The number of nitrogens with zero attached hydrogens (tertiary/aromatic N) is 3. The number of carbonyl (C=O) groups excluding carboxylic acids is 1. The molecule has 1 fully saturated rings. The lowest BCUT2D eigenvalue weighted by molar-refractivity contribution is 0.0601. The van der Waals surface area contributed by atoms with Gasteiger partial charge in [0.25, 0.3) is 5.56 Å². The first-order chi connectivity index (χ1) is 17.0. The number of fused-ring (bicyclic) bond motifs is 1. The van der Waals surface area contributed by atoms with Crippen LogP contribution in [0.25, 0.3) is 22.2 Å². The Morgan fingerprint density at radius 1 is 1.14 bits per heavy atom. The van der Waals surface area contributed by atoms with E-state index < -0.39 is 5.97 Å². The predicted molar refractivity (Wildman–Crippen MR) is 135 cm³/mol. The minimum Gasteiger partial charge on any atom is -0.465 e. The maximum atomic E-state index is 13.3. The monoisotopic (exact) mass is 489 g/mol. The maximum Gasteiger partial charge on any atom is 0.337 e. The van der Waals surface area contributed by atoms with Gasteiger partial charge in [0.1, 0.15) is 17.3 Å². The van der Waals surface area contributed by atoms with Gasteiger partial charge in [-0.25, -0.2) is 9.78 Å². The number of hydrogen-bond donors (Lipinski definition) is 0. The average Bonchev–Trinajstić information content (AvgIpc) is 3.37. The molecule has 2 heterocycles. The lowest BCUT2D eigenvalue weighted by Gasteiger charge is -2.22. The molecule has 4 aromatic rings.